The van der Waals surface area contributed by atoms with Crippen LogP contribution in [0.3, 0.4) is 0 Å². The number of hydrogen-bond donors (Lipinski definition) is 1. The number of aromatic nitrogens is 5. The molecule has 34 heavy (non-hydrogen) atoms. The first-order chi connectivity index (χ1) is 16.3. The third-order valence-corrected chi connectivity index (χ3v) is 5.85. The van der Waals surface area contributed by atoms with E-state index in [9.17, 15) is 18.0 Å². The van der Waals surface area contributed by atoms with E-state index >= 15 is 0 Å². The largest absolute Gasteiger partial charge is 0.338 e. The van der Waals surface area contributed by atoms with E-state index in [1.54, 1.807) is 34.4 Å². The number of anilines is 1. The van der Waals surface area contributed by atoms with Crippen LogP contribution in [0.25, 0.3) is 12.2 Å². The minimum absolute atomic E-state index is 0.234. The SMILES string of the molecule is CC(C(F)F)n1cnc(/C=C/c2csc(NC(=O)c3cc(Cl)cn3Cc3ccnc(F)c3)n2)c1. The lowest BCUT2D eigenvalue weighted by Gasteiger charge is -2.10. The van der Waals surface area contributed by atoms with Gasteiger partial charge in [-0.1, -0.05) is 11.6 Å². The Morgan fingerprint density at radius 2 is 2.03 bits per heavy atom. The van der Waals surface area contributed by atoms with E-state index in [2.05, 4.69) is 20.3 Å². The second-order valence-corrected chi connectivity index (χ2v) is 8.64. The molecule has 0 spiro atoms. The van der Waals surface area contributed by atoms with Crippen molar-refractivity contribution in [3.63, 3.8) is 0 Å². The van der Waals surface area contributed by atoms with Crippen LogP contribution in [0.4, 0.5) is 18.3 Å². The smallest absolute Gasteiger partial charge is 0.274 e. The second-order valence-electron chi connectivity index (χ2n) is 7.34. The summed E-state index contributed by atoms with van der Waals surface area (Å²) in [6.07, 6.45) is 6.64. The van der Waals surface area contributed by atoms with Gasteiger partial charge >= 0.3 is 0 Å². The number of hydrogen-bond acceptors (Lipinski definition) is 5. The molecule has 7 nitrogen and oxygen atoms in total. The van der Waals surface area contributed by atoms with Crippen LogP contribution in [-0.4, -0.2) is 36.4 Å². The van der Waals surface area contributed by atoms with E-state index in [4.69, 9.17) is 11.6 Å². The maximum absolute atomic E-state index is 13.4. The lowest BCUT2D eigenvalue weighted by atomic mass is 10.2. The van der Waals surface area contributed by atoms with Gasteiger partial charge in [-0.25, -0.2) is 23.7 Å². The summed E-state index contributed by atoms with van der Waals surface area (Å²) in [7, 11) is 0. The molecule has 0 radical (unpaired) electrons. The van der Waals surface area contributed by atoms with Crippen molar-refractivity contribution >= 4 is 46.1 Å². The number of thiazole rings is 1. The fourth-order valence-electron chi connectivity index (χ4n) is 3.08. The molecule has 12 heteroatoms. The molecule has 1 amide bonds. The zero-order valence-corrected chi connectivity index (χ0v) is 19.3. The standard InChI is InChI=1S/C22H18ClF3N6OS/c1-13(20(25)26)32-10-16(28-12-32)2-3-17-11-34-22(29-17)30-21(33)18-7-15(23)9-31(18)8-14-4-5-27-19(24)6-14/h2-7,9-13,20H,8H2,1H3,(H,29,30,33)/b3-2+. The molecule has 1 N–H and O–H groups in total. The Kier molecular flexibility index (Phi) is 7.13. The van der Waals surface area contributed by atoms with Crippen molar-refractivity contribution in [3.8, 4) is 0 Å². The van der Waals surface area contributed by atoms with Crippen LogP contribution in [0.15, 0.2) is 48.5 Å². The number of nitrogens with zero attached hydrogens (tertiary/aromatic N) is 5. The number of pyridine rings is 1. The summed E-state index contributed by atoms with van der Waals surface area (Å²) >= 11 is 7.31. The van der Waals surface area contributed by atoms with E-state index in [1.165, 1.54) is 53.7 Å². The van der Waals surface area contributed by atoms with Gasteiger partial charge < -0.3 is 9.13 Å². The average Bonchev–Trinajstić information content (AvgIpc) is 3.52. The first-order valence-electron chi connectivity index (χ1n) is 10.0. The first kappa shape index (κ1) is 23.7. The first-order valence-corrected chi connectivity index (χ1v) is 11.3. The molecule has 0 aliphatic rings. The zero-order chi connectivity index (χ0) is 24.2. The molecule has 4 aromatic rings. The maximum Gasteiger partial charge on any atom is 0.274 e. The summed E-state index contributed by atoms with van der Waals surface area (Å²) < 4.78 is 42.0. The van der Waals surface area contributed by atoms with Crippen molar-refractivity contribution in [2.24, 2.45) is 0 Å². The number of alkyl halides is 2. The van der Waals surface area contributed by atoms with Crippen molar-refractivity contribution in [1.82, 2.24) is 24.1 Å². The predicted octanol–water partition coefficient (Wildman–Crippen LogP) is 5.63. The topological polar surface area (TPSA) is 77.6 Å². The summed E-state index contributed by atoms with van der Waals surface area (Å²) in [5, 5.41) is 5.18. The highest BCUT2D eigenvalue weighted by Gasteiger charge is 2.17. The quantitative estimate of drug-likeness (QED) is 0.314. The van der Waals surface area contributed by atoms with Crippen LogP contribution in [0.5, 0.6) is 0 Å². The average molecular weight is 507 g/mol. The molecule has 176 valence electrons. The molecule has 0 bridgehead atoms. The number of halogens is 4. The molecule has 4 rings (SSSR count). The number of carbonyl (C=O) groups is 1. The second kappa shape index (κ2) is 10.2. The van der Waals surface area contributed by atoms with Crippen LogP contribution in [0, 0.1) is 5.95 Å². The van der Waals surface area contributed by atoms with Crippen molar-refractivity contribution in [3.05, 3.63) is 82.1 Å². The molecule has 0 aliphatic heterocycles. The molecule has 1 unspecified atom stereocenters. The van der Waals surface area contributed by atoms with Crippen LogP contribution in [0.1, 0.15) is 40.4 Å². The molecular weight excluding hydrogens is 489 g/mol. The molecule has 0 aliphatic carbocycles. The van der Waals surface area contributed by atoms with Crippen molar-refractivity contribution < 1.29 is 18.0 Å². The lowest BCUT2D eigenvalue weighted by molar-refractivity contribution is 0.0914. The molecular formula is C22H18ClF3N6OS. The van der Waals surface area contributed by atoms with E-state index < -0.39 is 24.3 Å². The fraction of sp³-hybridized carbons (Fsp3) is 0.182. The monoisotopic (exact) mass is 506 g/mol. The van der Waals surface area contributed by atoms with Gasteiger partial charge in [0, 0.05) is 30.5 Å². The number of rotatable bonds is 8. The maximum atomic E-state index is 13.4. The summed E-state index contributed by atoms with van der Waals surface area (Å²) in [5.74, 6) is -1.04. The van der Waals surface area contributed by atoms with E-state index in [0.29, 0.717) is 27.1 Å². The summed E-state index contributed by atoms with van der Waals surface area (Å²) in [6, 6.07) is 3.47. The van der Waals surface area contributed by atoms with E-state index in [-0.39, 0.29) is 12.2 Å². The van der Waals surface area contributed by atoms with Gasteiger partial charge in [-0.15, -0.1) is 11.3 Å². The summed E-state index contributed by atoms with van der Waals surface area (Å²) in [4.78, 5) is 24.8. The van der Waals surface area contributed by atoms with Crippen molar-refractivity contribution in [2.45, 2.75) is 25.9 Å². The van der Waals surface area contributed by atoms with E-state index in [0.717, 1.165) is 0 Å². The van der Waals surface area contributed by atoms with Gasteiger partial charge in [0.1, 0.15) is 5.69 Å². The van der Waals surface area contributed by atoms with Crippen molar-refractivity contribution in [1.29, 1.82) is 0 Å². The third kappa shape index (κ3) is 5.72. The zero-order valence-electron chi connectivity index (χ0n) is 17.7. The number of imidazole rings is 1. The Morgan fingerprint density at radius 1 is 1.24 bits per heavy atom. The summed E-state index contributed by atoms with van der Waals surface area (Å²) in [5.41, 5.74) is 1.98. The van der Waals surface area contributed by atoms with Crippen LogP contribution in [0.2, 0.25) is 5.02 Å². The minimum atomic E-state index is -2.49. The molecule has 4 heterocycles. The highest BCUT2D eigenvalue weighted by Crippen LogP contribution is 2.22. The van der Waals surface area contributed by atoms with Gasteiger partial charge in [0.25, 0.3) is 12.3 Å². The molecule has 4 aromatic heterocycles. The van der Waals surface area contributed by atoms with Crippen LogP contribution in [-0.2, 0) is 6.54 Å². The third-order valence-electron chi connectivity index (χ3n) is 4.86. The van der Waals surface area contributed by atoms with Crippen LogP contribution < -0.4 is 5.32 Å². The number of amides is 1. The number of carbonyl (C=O) groups excluding carboxylic acids is 1. The minimum Gasteiger partial charge on any atom is -0.338 e. The Labute approximate surface area is 201 Å². The Bertz CT molecular complexity index is 1330. The van der Waals surface area contributed by atoms with Gasteiger partial charge in [-0.2, -0.15) is 4.39 Å². The van der Waals surface area contributed by atoms with E-state index in [1.807, 2.05) is 0 Å². The molecule has 0 saturated heterocycles. The predicted molar refractivity (Wildman–Crippen MR) is 125 cm³/mol. The number of nitrogens with one attached hydrogen (secondary N) is 1. The lowest BCUT2D eigenvalue weighted by Crippen LogP contribution is -2.17. The summed E-state index contributed by atoms with van der Waals surface area (Å²) in [6.45, 7) is 1.64. The molecule has 1 atom stereocenters. The van der Waals surface area contributed by atoms with Crippen molar-refractivity contribution in [2.75, 3.05) is 5.32 Å². The highest BCUT2D eigenvalue weighted by atomic mass is 35.5. The Hall–Kier alpha value is -3.44. The molecule has 0 aromatic carbocycles. The Morgan fingerprint density at radius 3 is 2.79 bits per heavy atom. The Balaban J connectivity index is 1.43. The van der Waals surface area contributed by atoms with Gasteiger partial charge in [0.15, 0.2) is 5.13 Å². The van der Waals surface area contributed by atoms with Gasteiger partial charge in [0.05, 0.1) is 28.8 Å². The van der Waals surface area contributed by atoms with Gasteiger partial charge in [0.2, 0.25) is 5.95 Å². The highest BCUT2D eigenvalue weighted by molar-refractivity contribution is 7.14. The molecule has 0 fully saturated rings. The fourth-order valence-corrected chi connectivity index (χ4v) is 3.97. The van der Waals surface area contributed by atoms with Crippen LogP contribution >= 0.6 is 22.9 Å². The normalized spacial score (nSPS) is 12.5. The molecule has 0 saturated carbocycles. The van der Waals surface area contributed by atoms with Gasteiger partial charge in [-0.3, -0.25) is 10.1 Å². The van der Waals surface area contributed by atoms with Gasteiger partial charge in [-0.05, 0) is 42.8 Å².